The Bertz CT molecular complexity index is 590. The molecule has 1 amide bonds. The van der Waals surface area contributed by atoms with Crippen LogP contribution in [0.25, 0.3) is 0 Å². The standard InChI is InChI=1S/C15H17N5O/c21-14(19-13-4-8-16-9-5-13)12-3-1-10-20(11-12)15-17-6-2-7-18-15/h2,4-9,12H,1,3,10-11H2,(H,16,19,21)/t12-/m0/s1. The summed E-state index contributed by atoms with van der Waals surface area (Å²) in [6.07, 6.45) is 8.64. The van der Waals surface area contributed by atoms with Gasteiger partial charge >= 0.3 is 0 Å². The zero-order valence-corrected chi connectivity index (χ0v) is 11.6. The van der Waals surface area contributed by atoms with E-state index >= 15 is 0 Å². The first kappa shape index (κ1) is 13.5. The lowest BCUT2D eigenvalue weighted by molar-refractivity contribution is -0.120. The van der Waals surface area contributed by atoms with Crippen molar-refractivity contribution in [3.63, 3.8) is 0 Å². The molecule has 1 atom stereocenters. The van der Waals surface area contributed by atoms with Crippen LogP contribution in [0.2, 0.25) is 0 Å². The van der Waals surface area contributed by atoms with Crippen LogP contribution in [0.15, 0.2) is 43.0 Å². The number of pyridine rings is 1. The summed E-state index contributed by atoms with van der Waals surface area (Å²) in [5, 5.41) is 2.94. The van der Waals surface area contributed by atoms with E-state index in [9.17, 15) is 4.79 Å². The molecule has 1 aliphatic rings. The molecule has 0 aromatic carbocycles. The predicted octanol–water partition coefficient (Wildman–Crippen LogP) is 1.73. The van der Waals surface area contributed by atoms with E-state index in [0.29, 0.717) is 12.5 Å². The fourth-order valence-electron chi connectivity index (χ4n) is 2.51. The van der Waals surface area contributed by atoms with Gasteiger partial charge in [0.2, 0.25) is 11.9 Å². The number of nitrogens with zero attached hydrogens (tertiary/aromatic N) is 4. The second kappa shape index (κ2) is 6.30. The van der Waals surface area contributed by atoms with Gasteiger partial charge in [-0.3, -0.25) is 9.78 Å². The summed E-state index contributed by atoms with van der Waals surface area (Å²) in [4.78, 5) is 26.9. The second-order valence-corrected chi connectivity index (χ2v) is 5.06. The fourth-order valence-corrected chi connectivity index (χ4v) is 2.51. The van der Waals surface area contributed by atoms with Crippen LogP contribution >= 0.6 is 0 Å². The number of amides is 1. The number of aromatic nitrogens is 3. The Morgan fingerprint density at radius 3 is 2.71 bits per heavy atom. The van der Waals surface area contributed by atoms with Gasteiger partial charge in [-0.05, 0) is 31.0 Å². The lowest BCUT2D eigenvalue weighted by atomic mass is 9.97. The van der Waals surface area contributed by atoms with Crippen molar-refractivity contribution >= 4 is 17.5 Å². The van der Waals surface area contributed by atoms with Gasteiger partial charge in [0.1, 0.15) is 0 Å². The first-order valence-corrected chi connectivity index (χ1v) is 7.06. The molecule has 21 heavy (non-hydrogen) atoms. The summed E-state index contributed by atoms with van der Waals surface area (Å²) in [6, 6.07) is 5.37. The van der Waals surface area contributed by atoms with Gasteiger partial charge in [-0.2, -0.15) is 0 Å². The summed E-state index contributed by atoms with van der Waals surface area (Å²) in [5.74, 6) is 0.691. The van der Waals surface area contributed by atoms with Crippen molar-refractivity contribution in [2.24, 2.45) is 5.92 Å². The molecule has 6 nitrogen and oxygen atoms in total. The van der Waals surface area contributed by atoms with Crippen LogP contribution in [0.3, 0.4) is 0 Å². The minimum Gasteiger partial charge on any atom is -0.340 e. The van der Waals surface area contributed by atoms with E-state index in [1.165, 1.54) is 0 Å². The van der Waals surface area contributed by atoms with Crippen molar-refractivity contribution in [3.8, 4) is 0 Å². The number of carbonyl (C=O) groups excluding carboxylic acids is 1. The van der Waals surface area contributed by atoms with Gasteiger partial charge in [-0.1, -0.05) is 0 Å². The Morgan fingerprint density at radius 2 is 1.95 bits per heavy atom. The highest BCUT2D eigenvalue weighted by atomic mass is 16.1. The van der Waals surface area contributed by atoms with Crippen LogP contribution in [0.1, 0.15) is 12.8 Å². The average Bonchev–Trinajstić information content (AvgIpc) is 2.57. The minimum absolute atomic E-state index is 0.0434. The largest absolute Gasteiger partial charge is 0.340 e. The molecule has 3 heterocycles. The van der Waals surface area contributed by atoms with Gasteiger partial charge in [0, 0.05) is 43.6 Å². The smallest absolute Gasteiger partial charge is 0.229 e. The van der Waals surface area contributed by atoms with Gasteiger partial charge in [-0.25, -0.2) is 9.97 Å². The number of nitrogens with one attached hydrogen (secondary N) is 1. The Morgan fingerprint density at radius 1 is 1.19 bits per heavy atom. The third-order valence-corrected chi connectivity index (χ3v) is 3.58. The van der Waals surface area contributed by atoms with Gasteiger partial charge in [0.15, 0.2) is 0 Å². The van der Waals surface area contributed by atoms with Crippen molar-refractivity contribution in [3.05, 3.63) is 43.0 Å². The number of rotatable bonds is 3. The predicted molar refractivity (Wildman–Crippen MR) is 79.8 cm³/mol. The van der Waals surface area contributed by atoms with Gasteiger partial charge in [-0.15, -0.1) is 0 Å². The maximum absolute atomic E-state index is 12.3. The Balaban J connectivity index is 1.64. The molecule has 2 aromatic heterocycles. The van der Waals surface area contributed by atoms with Crippen LogP contribution < -0.4 is 10.2 Å². The number of hydrogen-bond donors (Lipinski definition) is 1. The molecule has 0 spiro atoms. The molecular weight excluding hydrogens is 266 g/mol. The second-order valence-electron chi connectivity index (χ2n) is 5.06. The van der Waals surface area contributed by atoms with E-state index in [1.54, 1.807) is 43.0 Å². The van der Waals surface area contributed by atoms with Gasteiger partial charge in [0.25, 0.3) is 0 Å². The van der Waals surface area contributed by atoms with E-state index in [0.717, 1.165) is 25.1 Å². The van der Waals surface area contributed by atoms with E-state index < -0.39 is 0 Å². The van der Waals surface area contributed by atoms with Crippen molar-refractivity contribution in [1.29, 1.82) is 0 Å². The maximum Gasteiger partial charge on any atom is 0.229 e. The third-order valence-electron chi connectivity index (χ3n) is 3.58. The molecule has 1 N–H and O–H groups in total. The van der Waals surface area contributed by atoms with Crippen molar-refractivity contribution in [2.45, 2.75) is 12.8 Å². The number of anilines is 2. The maximum atomic E-state index is 12.3. The molecule has 0 radical (unpaired) electrons. The van der Waals surface area contributed by atoms with E-state index in [4.69, 9.17) is 0 Å². The summed E-state index contributed by atoms with van der Waals surface area (Å²) in [5.41, 5.74) is 0.781. The van der Waals surface area contributed by atoms with Gasteiger partial charge in [0.05, 0.1) is 5.92 Å². The number of piperidine rings is 1. The lowest BCUT2D eigenvalue weighted by Crippen LogP contribution is -2.41. The molecule has 1 fully saturated rings. The van der Waals surface area contributed by atoms with Crippen molar-refractivity contribution in [2.75, 3.05) is 23.3 Å². The van der Waals surface area contributed by atoms with Crippen LogP contribution in [0.5, 0.6) is 0 Å². The molecule has 0 aliphatic carbocycles. The molecule has 0 saturated carbocycles. The summed E-state index contributed by atoms with van der Waals surface area (Å²) in [7, 11) is 0. The van der Waals surface area contributed by atoms with Crippen molar-refractivity contribution in [1.82, 2.24) is 15.0 Å². The highest BCUT2D eigenvalue weighted by Gasteiger charge is 2.27. The normalized spacial score (nSPS) is 18.3. The number of hydrogen-bond acceptors (Lipinski definition) is 5. The molecule has 0 bridgehead atoms. The van der Waals surface area contributed by atoms with E-state index in [2.05, 4.69) is 25.2 Å². The first-order chi connectivity index (χ1) is 10.3. The van der Waals surface area contributed by atoms with E-state index in [-0.39, 0.29) is 11.8 Å². The number of carbonyl (C=O) groups is 1. The average molecular weight is 283 g/mol. The Kier molecular flexibility index (Phi) is 4.04. The first-order valence-electron chi connectivity index (χ1n) is 7.06. The molecular formula is C15H17N5O. The van der Waals surface area contributed by atoms with Crippen LogP contribution in [0, 0.1) is 5.92 Å². The van der Waals surface area contributed by atoms with Crippen LogP contribution in [0.4, 0.5) is 11.6 Å². The molecule has 6 heteroatoms. The summed E-state index contributed by atoms with van der Waals surface area (Å²) < 4.78 is 0. The fraction of sp³-hybridized carbons (Fsp3) is 0.333. The molecule has 108 valence electrons. The van der Waals surface area contributed by atoms with Crippen LogP contribution in [-0.2, 0) is 4.79 Å². The van der Waals surface area contributed by atoms with Crippen molar-refractivity contribution < 1.29 is 4.79 Å². The molecule has 2 aromatic rings. The topological polar surface area (TPSA) is 71.0 Å². The third kappa shape index (κ3) is 3.34. The summed E-state index contributed by atoms with van der Waals surface area (Å²) in [6.45, 7) is 1.55. The summed E-state index contributed by atoms with van der Waals surface area (Å²) >= 11 is 0. The SMILES string of the molecule is O=C(Nc1ccncc1)[C@H]1CCCN(c2ncccn2)C1. The van der Waals surface area contributed by atoms with Gasteiger partial charge < -0.3 is 10.2 Å². The zero-order valence-electron chi connectivity index (χ0n) is 11.6. The quantitative estimate of drug-likeness (QED) is 0.928. The van der Waals surface area contributed by atoms with E-state index in [1.807, 2.05) is 0 Å². The molecule has 0 unspecified atom stereocenters. The Hall–Kier alpha value is -2.50. The van der Waals surface area contributed by atoms with Crippen LogP contribution in [-0.4, -0.2) is 33.9 Å². The molecule has 3 rings (SSSR count). The highest BCUT2D eigenvalue weighted by molar-refractivity contribution is 5.92. The zero-order chi connectivity index (χ0) is 14.5. The lowest BCUT2D eigenvalue weighted by Gasteiger charge is -2.31. The monoisotopic (exact) mass is 283 g/mol. The minimum atomic E-state index is -0.0456. The molecule has 1 aliphatic heterocycles. The molecule has 1 saturated heterocycles. The Labute approximate surface area is 123 Å². The highest BCUT2D eigenvalue weighted by Crippen LogP contribution is 2.21.